The Hall–Kier alpha value is -2.15. The van der Waals surface area contributed by atoms with Gasteiger partial charge in [-0.2, -0.15) is 0 Å². The molecule has 134 valence electrons. The summed E-state index contributed by atoms with van der Waals surface area (Å²) in [5.74, 6) is 0.186. The van der Waals surface area contributed by atoms with Crippen LogP contribution in [0.3, 0.4) is 0 Å². The highest BCUT2D eigenvalue weighted by molar-refractivity contribution is 5.80. The van der Waals surface area contributed by atoms with Crippen LogP contribution in [0.2, 0.25) is 0 Å². The van der Waals surface area contributed by atoms with E-state index < -0.39 is 0 Å². The molecule has 25 heavy (non-hydrogen) atoms. The Bertz CT molecular complexity index is 632. The molecule has 0 bridgehead atoms. The molecule has 1 aromatic heterocycles. The van der Waals surface area contributed by atoms with Gasteiger partial charge in [-0.25, -0.2) is 4.79 Å². The van der Waals surface area contributed by atoms with Crippen molar-refractivity contribution < 1.29 is 14.3 Å². The first-order chi connectivity index (χ1) is 12.2. The van der Waals surface area contributed by atoms with E-state index in [1.54, 1.807) is 6.20 Å². The molecule has 7 heteroatoms. The van der Waals surface area contributed by atoms with Gasteiger partial charge in [-0.05, 0) is 24.5 Å². The van der Waals surface area contributed by atoms with Gasteiger partial charge in [0.1, 0.15) is 0 Å². The smallest absolute Gasteiger partial charge is 0.320 e. The minimum Gasteiger partial charge on any atom is -0.378 e. The standard InChI is InChI=1S/C18H24N4O3/c23-17-4-3-15-16(22(17)13-14-2-1-6-19-12-14)5-7-21(15)18(24)20-8-10-25-11-9-20/h1-2,6,12,15-16H,3-5,7-11,13H2/t15-,16-/m0/s1. The molecule has 0 radical (unpaired) electrons. The predicted octanol–water partition coefficient (Wildman–Crippen LogP) is 1.10. The highest BCUT2D eigenvalue weighted by Gasteiger charge is 2.45. The van der Waals surface area contributed by atoms with Crippen molar-refractivity contribution in [2.45, 2.75) is 37.9 Å². The number of ether oxygens (including phenoxy) is 1. The zero-order chi connectivity index (χ0) is 17.2. The summed E-state index contributed by atoms with van der Waals surface area (Å²) in [6, 6.07) is 4.24. The van der Waals surface area contributed by atoms with Crippen LogP contribution in [0, 0.1) is 0 Å². The van der Waals surface area contributed by atoms with Gasteiger partial charge >= 0.3 is 6.03 Å². The maximum absolute atomic E-state index is 12.9. The number of rotatable bonds is 2. The normalized spacial score (nSPS) is 26.7. The number of hydrogen-bond acceptors (Lipinski definition) is 4. The van der Waals surface area contributed by atoms with E-state index in [0.717, 1.165) is 24.9 Å². The number of carbonyl (C=O) groups is 2. The second kappa shape index (κ2) is 7.00. The fraction of sp³-hybridized carbons (Fsp3) is 0.611. The second-order valence-corrected chi connectivity index (χ2v) is 6.92. The summed E-state index contributed by atoms with van der Waals surface area (Å²) < 4.78 is 5.35. The van der Waals surface area contributed by atoms with Crippen molar-refractivity contribution >= 4 is 11.9 Å². The first-order valence-corrected chi connectivity index (χ1v) is 9.06. The van der Waals surface area contributed by atoms with Gasteiger partial charge in [-0.1, -0.05) is 6.07 Å². The number of urea groups is 1. The largest absolute Gasteiger partial charge is 0.378 e. The van der Waals surface area contributed by atoms with Gasteiger partial charge in [0.15, 0.2) is 0 Å². The zero-order valence-electron chi connectivity index (χ0n) is 14.3. The number of piperidine rings is 1. The lowest BCUT2D eigenvalue weighted by molar-refractivity contribution is -0.138. The quantitative estimate of drug-likeness (QED) is 0.806. The fourth-order valence-corrected chi connectivity index (χ4v) is 4.22. The van der Waals surface area contributed by atoms with Crippen molar-refractivity contribution in [2.75, 3.05) is 32.8 Å². The summed E-state index contributed by atoms with van der Waals surface area (Å²) in [6.07, 6.45) is 5.68. The molecule has 3 aliphatic rings. The number of aromatic nitrogens is 1. The van der Waals surface area contributed by atoms with Gasteiger partial charge in [0, 0.05) is 45.0 Å². The first-order valence-electron chi connectivity index (χ1n) is 9.06. The lowest BCUT2D eigenvalue weighted by atomic mass is 9.95. The topological polar surface area (TPSA) is 66.0 Å². The van der Waals surface area contributed by atoms with Gasteiger partial charge in [0.05, 0.1) is 25.3 Å². The molecule has 3 amide bonds. The van der Waals surface area contributed by atoms with E-state index in [4.69, 9.17) is 4.74 Å². The van der Waals surface area contributed by atoms with Gasteiger partial charge in [0.25, 0.3) is 0 Å². The maximum Gasteiger partial charge on any atom is 0.320 e. The monoisotopic (exact) mass is 344 g/mol. The Kier molecular flexibility index (Phi) is 4.57. The molecule has 4 rings (SSSR count). The summed E-state index contributed by atoms with van der Waals surface area (Å²) in [5.41, 5.74) is 1.04. The molecule has 0 spiro atoms. The molecule has 3 aliphatic heterocycles. The molecule has 3 fully saturated rings. The van der Waals surface area contributed by atoms with Crippen LogP contribution in [0.1, 0.15) is 24.8 Å². The summed E-state index contributed by atoms with van der Waals surface area (Å²) in [7, 11) is 0. The molecule has 0 unspecified atom stereocenters. The third kappa shape index (κ3) is 3.20. The minimum absolute atomic E-state index is 0.103. The van der Waals surface area contributed by atoms with E-state index in [9.17, 15) is 9.59 Å². The Labute approximate surface area is 147 Å². The van der Waals surface area contributed by atoms with E-state index in [0.29, 0.717) is 39.3 Å². The van der Waals surface area contributed by atoms with Gasteiger partial charge in [0.2, 0.25) is 5.91 Å². The molecule has 0 aliphatic carbocycles. The number of fused-ring (bicyclic) bond motifs is 1. The van der Waals surface area contributed by atoms with Crippen LogP contribution in [-0.4, -0.2) is 76.6 Å². The maximum atomic E-state index is 12.9. The van der Waals surface area contributed by atoms with E-state index in [2.05, 4.69) is 4.98 Å². The molecule has 7 nitrogen and oxygen atoms in total. The number of pyridine rings is 1. The Morgan fingerprint density at radius 3 is 2.80 bits per heavy atom. The van der Waals surface area contributed by atoms with Crippen LogP contribution in [0.4, 0.5) is 4.79 Å². The molecule has 4 heterocycles. The van der Waals surface area contributed by atoms with Crippen LogP contribution in [0.15, 0.2) is 24.5 Å². The minimum atomic E-state index is 0.103. The fourth-order valence-electron chi connectivity index (χ4n) is 4.22. The average molecular weight is 344 g/mol. The van der Waals surface area contributed by atoms with E-state index in [-0.39, 0.29) is 24.0 Å². The first kappa shape index (κ1) is 16.3. The average Bonchev–Trinajstić information content (AvgIpc) is 3.09. The van der Waals surface area contributed by atoms with Crippen LogP contribution >= 0.6 is 0 Å². The number of carbonyl (C=O) groups excluding carboxylic acids is 2. The number of amides is 3. The summed E-state index contributed by atoms with van der Waals surface area (Å²) in [4.78, 5) is 35.3. The summed E-state index contributed by atoms with van der Waals surface area (Å²) in [6.45, 7) is 3.84. The molecule has 2 atom stereocenters. The molecule has 0 saturated carbocycles. The predicted molar refractivity (Wildman–Crippen MR) is 90.7 cm³/mol. The third-order valence-corrected chi connectivity index (χ3v) is 5.49. The van der Waals surface area contributed by atoms with Crippen molar-refractivity contribution in [3.63, 3.8) is 0 Å². The van der Waals surface area contributed by atoms with Gasteiger partial charge in [-0.15, -0.1) is 0 Å². The van der Waals surface area contributed by atoms with Crippen molar-refractivity contribution in [2.24, 2.45) is 0 Å². The van der Waals surface area contributed by atoms with Crippen molar-refractivity contribution in [1.29, 1.82) is 0 Å². The van der Waals surface area contributed by atoms with Crippen LogP contribution in [0.5, 0.6) is 0 Å². The van der Waals surface area contributed by atoms with Gasteiger partial charge in [-0.3, -0.25) is 9.78 Å². The molecule has 1 aromatic rings. The van der Waals surface area contributed by atoms with Crippen LogP contribution in [0.25, 0.3) is 0 Å². The summed E-state index contributed by atoms with van der Waals surface area (Å²) >= 11 is 0. The number of nitrogens with zero attached hydrogens (tertiary/aromatic N) is 4. The van der Waals surface area contributed by atoms with E-state index >= 15 is 0 Å². The third-order valence-electron chi connectivity index (χ3n) is 5.49. The van der Waals surface area contributed by atoms with E-state index in [1.807, 2.05) is 33.0 Å². The summed E-state index contributed by atoms with van der Waals surface area (Å²) in [5, 5.41) is 0. The Morgan fingerprint density at radius 1 is 1.20 bits per heavy atom. The number of likely N-dealkylation sites (tertiary alicyclic amines) is 2. The Morgan fingerprint density at radius 2 is 2.04 bits per heavy atom. The molecule has 0 aromatic carbocycles. The van der Waals surface area contributed by atoms with Crippen molar-refractivity contribution in [3.8, 4) is 0 Å². The second-order valence-electron chi connectivity index (χ2n) is 6.92. The van der Waals surface area contributed by atoms with Crippen LogP contribution < -0.4 is 0 Å². The number of morpholine rings is 1. The molecule has 0 N–H and O–H groups in total. The molecular weight excluding hydrogens is 320 g/mol. The lowest BCUT2D eigenvalue weighted by Gasteiger charge is -2.41. The Balaban J connectivity index is 1.48. The highest BCUT2D eigenvalue weighted by atomic mass is 16.5. The molecular formula is C18H24N4O3. The zero-order valence-corrected chi connectivity index (χ0v) is 14.3. The lowest BCUT2D eigenvalue weighted by Crippen LogP contribution is -2.56. The van der Waals surface area contributed by atoms with Crippen molar-refractivity contribution in [1.82, 2.24) is 19.7 Å². The van der Waals surface area contributed by atoms with Crippen LogP contribution in [-0.2, 0) is 16.1 Å². The van der Waals surface area contributed by atoms with E-state index in [1.165, 1.54) is 0 Å². The number of hydrogen-bond donors (Lipinski definition) is 0. The highest BCUT2D eigenvalue weighted by Crippen LogP contribution is 2.33. The molecule has 3 saturated heterocycles. The van der Waals surface area contributed by atoms with Gasteiger partial charge < -0.3 is 19.4 Å². The SMILES string of the molecule is O=C1CC[C@H]2[C@H](CCN2C(=O)N2CCOCC2)N1Cc1cccnc1. The van der Waals surface area contributed by atoms with Crippen molar-refractivity contribution in [3.05, 3.63) is 30.1 Å².